The van der Waals surface area contributed by atoms with Gasteiger partial charge in [0.25, 0.3) is 0 Å². The van der Waals surface area contributed by atoms with Crippen LogP contribution >= 0.6 is 11.7 Å². The number of hydrogen-bond donors (Lipinski definition) is 1. The predicted molar refractivity (Wildman–Crippen MR) is 105 cm³/mol. The lowest BCUT2D eigenvalue weighted by Crippen LogP contribution is -2.21. The average Bonchev–Trinajstić information content (AvgIpc) is 3.16. The summed E-state index contributed by atoms with van der Waals surface area (Å²) in [6.07, 6.45) is 0. The fourth-order valence-electron chi connectivity index (χ4n) is 3.48. The van der Waals surface area contributed by atoms with Crippen LogP contribution in [0.25, 0.3) is 11.0 Å². The third-order valence-electron chi connectivity index (χ3n) is 4.72. The molecule has 1 heterocycles. The van der Waals surface area contributed by atoms with Crippen LogP contribution in [0.15, 0.2) is 54.6 Å². The summed E-state index contributed by atoms with van der Waals surface area (Å²) in [5.74, 6) is -0.345. The van der Waals surface area contributed by atoms with Gasteiger partial charge in [-0.25, -0.2) is 0 Å². The third kappa shape index (κ3) is 2.38. The zero-order valence-corrected chi connectivity index (χ0v) is 15.1. The van der Waals surface area contributed by atoms with Gasteiger partial charge in [0.15, 0.2) is 11.6 Å². The summed E-state index contributed by atoms with van der Waals surface area (Å²) in [6.45, 7) is 2.01. The highest BCUT2D eigenvalue weighted by molar-refractivity contribution is 7.00. The maximum absolute atomic E-state index is 13.1. The van der Waals surface area contributed by atoms with Crippen LogP contribution in [-0.2, 0) is 0 Å². The highest BCUT2D eigenvalue weighted by Crippen LogP contribution is 2.36. The minimum absolute atomic E-state index is 0.164. The van der Waals surface area contributed by atoms with Crippen molar-refractivity contribution in [3.05, 3.63) is 82.4 Å². The molecule has 0 saturated heterocycles. The van der Waals surface area contributed by atoms with E-state index in [1.807, 2.05) is 31.2 Å². The van der Waals surface area contributed by atoms with Gasteiger partial charge in [0.1, 0.15) is 11.0 Å². The summed E-state index contributed by atoms with van der Waals surface area (Å²) >= 11 is 1.03. The van der Waals surface area contributed by atoms with Crippen LogP contribution in [0.3, 0.4) is 0 Å². The summed E-state index contributed by atoms with van der Waals surface area (Å²) in [5, 5.41) is 3.32. The molecule has 3 aromatic carbocycles. The van der Waals surface area contributed by atoms with Crippen molar-refractivity contribution in [1.29, 1.82) is 0 Å². The molecule has 0 atom stereocenters. The molecule has 27 heavy (non-hydrogen) atoms. The highest BCUT2D eigenvalue weighted by Gasteiger charge is 2.33. The van der Waals surface area contributed by atoms with E-state index in [0.717, 1.165) is 23.0 Å². The number of carbonyl (C=O) groups is 2. The van der Waals surface area contributed by atoms with Gasteiger partial charge in [-0.15, -0.1) is 0 Å². The number of fused-ring (bicyclic) bond motifs is 4. The molecular formula is C21H13N3O2S. The highest BCUT2D eigenvalue weighted by atomic mass is 32.1. The normalized spacial score (nSPS) is 12.8. The smallest absolute Gasteiger partial charge is 0.196 e. The van der Waals surface area contributed by atoms with Crippen molar-refractivity contribution in [2.24, 2.45) is 0 Å². The van der Waals surface area contributed by atoms with Gasteiger partial charge >= 0.3 is 0 Å². The van der Waals surface area contributed by atoms with Gasteiger partial charge in [0.05, 0.1) is 23.0 Å². The quantitative estimate of drug-likeness (QED) is 0.494. The molecule has 0 radical (unpaired) electrons. The first-order chi connectivity index (χ1) is 13.1. The second-order valence-electron chi connectivity index (χ2n) is 6.51. The Hall–Kier alpha value is -3.38. The van der Waals surface area contributed by atoms with Crippen molar-refractivity contribution >= 4 is 45.7 Å². The number of aromatic nitrogens is 2. The largest absolute Gasteiger partial charge is 0.354 e. The Balaban J connectivity index is 1.74. The average molecular weight is 371 g/mol. The molecule has 1 aliphatic rings. The van der Waals surface area contributed by atoms with Crippen LogP contribution in [0.4, 0.5) is 11.4 Å². The van der Waals surface area contributed by atoms with Crippen LogP contribution in [-0.4, -0.2) is 20.3 Å². The van der Waals surface area contributed by atoms with E-state index < -0.39 is 0 Å². The van der Waals surface area contributed by atoms with E-state index in [1.54, 1.807) is 30.3 Å². The Kier molecular flexibility index (Phi) is 3.42. The maximum Gasteiger partial charge on any atom is 0.196 e. The number of nitrogens with one attached hydrogen (secondary N) is 1. The summed E-state index contributed by atoms with van der Waals surface area (Å²) in [7, 11) is 0. The van der Waals surface area contributed by atoms with Crippen LogP contribution in [0.5, 0.6) is 0 Å². The molecule has 0 spiro atoms. The number of aryl methyl sites for hydroxylation is 1. The molecule has 5 rings (SSSR count). The number of benzene rings is 3. The number of anilines is 2. The summed E-state index contributed by atoms with van der Waals surface area (Å²) < 4.78 is 8.69. The van der Waals surface area contributed by atoms with E-state index in [2.05, 4.69) is 14.1 Å². The zero-order chi connectivity index (χ0) is 18.5. The SMILES string of the molecule is Cc1cccc(Nc2cc3c(c4nsnc24)C(=O)c2ccccc2C3=O)c1. The lowest BCUT2D eigenvalue weighted by Gasteiger charge is -2.19. The Morgan fingerprint density at radius 1 is 0.815 bits per heavy atom. The number of rotatable bonds is 2. The second kappa shape index (κ2) is 5.82. The summed E-state index contributed by atoms with van der Waals surface area (Å²) in [4.78, 5) is 26.1. The first kappa shape index (κ1) is 15.8. The van der Waals surface area contributed by atoms with E-state index in [4.69, 9.17) is 0 Å². The lowest BCUT2D eigenvalue weighted by molar-refractivity contribution is 0.0980. The monoisotopic (exact) mass is 371 g/mol. The van der Waals surface area contributed by atoms with Crippen LogP contribution in [0, 0.1) is 6.92 Å². The van der Waals surface area contributed by atoms with E-state index in [9.17, 15) is 9.59 Å². The van der Waals surface area contributed by atoms with Crippen molar-refractivity contribution in [1.82, 2.24) is 8.75 Å². The first-order valence-corrected chi connectivity index (χ1v) is 9.18. The molecule has 0 aliphatic heterocycles. The third-order valence-corrected chi connectivity index (χ3v) is 5.25. The molecule has 1 aliphatic carbocycles. The number of carbonyl (C=O) groups excluding carboxylic acids is 2. The van der Waals surface area contributed by atoms with Gasteiger partial charge < -0.3 is 5.32 Å². The van der Waals surface area contributed by atoms with E-state index in [-0.39, 0.29) is 11.6 Å². The van der Waals surface area contributed by atoms with Crippen molar-refractivity contribution in [2.75, 3.05) is 5.32 Å². The van der Waals surface area contributed by atoms with Gasteiger partial charge in [-0.3, -0.25) is 9.59 Å². The molecule has 130 valence electrons. The van der Waals surface area contributed by atoms with Crippen molar-refractivity contribution in [2.45, 2.75) is 6.92 Å². The van der Waals surface area contributed by atoms with Crippen LogP contribution in [0.1, 0.15) is 37.4 Å². The Bertz CT molecular complexity index is 1260. The molecule has 0 saturated carbocycles. The zero-order valence-electron chi connectivity index (χ0n) is 14.3. The molecule has 0 unspecified atom stereocenters. The number of nitrogens with zero attached hydrogens (tertiary/aromatic N) is 2. The number of ketones is 2. The van der Waals surface area contributed by atoms with Crippen molar-refractivity contribution in [3.63, 3.8) is 0 Å². The lowest BCUT2D eigenvalue weighted by atomic mass is 9.83. The predicted octanol–water partition coefficient (Wildman–Crippen LogP) is 4.52. The van der Waals surface area contributed by atoms with E-state index in [1.165, 1.54) is 0 Å². The molecule has 1 N–H and O–H groups in total. The minimum Gasteiger partial charge on any atom is -0.354 e. The molecule has 4 aromatic rings. The molecule has 1 aromatic heterocycles. The fourth-order valence-corrected chi connectivity index (χ4v) is 4.05. The molecule has 6 heteroatoms. The second-order valence-corrected chi connectivity index (χ2v) is 7.03. The van der Waals surface area contributed by atoms with Gasteiger partial charge in [0, 0.05) is 22.4 Å². The van der Waals surface area contributed by atoms with E-state index >= 15 is 0 Å². The standard InChI is InChI=1S/C21H13N3O2S/c1-11-5-4-6-12(9-11)22-16-10-15-17(19-18(16)23-27-24-19)21(26)14-8-3-2-7-13(14)20(15)25/h2-10,22H,1H3. The molecule has 0 fully saturated rings. The van der Waals surface area contributed by atoms with E-state index in [0.29, 0.717) is 39.0 Å². The van der Waals surface area contributed by atoms with Gasteiger partial charge in [-0.2, -0.15) is 8.75 Å². The fraction of sp³-hybridized carbons (Fsp3) is 0.0476. The van der Waals surface area contributed by atoms with Gasteiger partial charge in [0.2, 0.25) is 0 Å². The summed E-state index contributed by atoms with van der Waals surface area (Å²) in [5.41, 5.74) is 5.31. The maximum atomic E-state index is 13.1. The summed E-state index contributed by atoms with van der Waals surface area (Å²) in [6, 6.07) is 16.5. The first-order valence-electron chi connectivity index (χ1n) is 8.45. The Morgan fingerprint density at radius 2 is 1.56 bits per heavy atom. The van der Waals surface area contributed by atoms with Crippen molar-refractivity contribution in [3.8, 4) is 0 Å². The molecular weight excluding hydrogens is 358 g/mol. The Labute approximate surface area is 159 Å². The van der Waals surface area contributed by atoms with Gasteiger partial charge in [-0.05, 0) is 30.7 Å². The van der Waals surface area contributed by atoms with Gasteiger partial charge in [-0.1, -0.05) is 36.4 Å². The molecule has 5 nitrogen and oxygen atoms in total. The van der Waals surface area contributed by atoms with Crippen LogP contribution < -0.4 is 5.32 Å². The molecule has 0 amide bonds. The van der Waals surface area contributed by atoms with Crippen molar-refractivity contribution < 1.29 is 9.59 Å². The van der Waals surface area contributed by atoms with Crippen LogP contribution in [0.2, 0.25) is 0 Å². The topological polar surface area (TPSA) is 72.0 Å². The minimum atomic E-state index is -0.181. The molecule has 0 bridgehead atoms. The number of hydrogen-bond acceptors (Lipinski definition) is 6. The Morgan fingerprint density at radius 3 is 2.33 bits per heavy atom.